The van der Waals surface area contributed by atoms with Crippen LogP contribution in [0.4, 0.5) is 4.79 Å². The summed E-state index contributed by atoms with van der Waals surface area (Å²) in [5.41, 5.74) is 2.54. The first-order valence-corrected chi connectivity index (χ1v) is 14.9. The molecule has 3 aromatic rings. The summed E-state index contributed by atoms with van der Waals surface area (Å²) in [6.45, 7) is 7.05. The molecule has 11 heteroatoms. The molecule has 0 bridgehead atoms. The first-order valence-electron chi connectivity index (χ1n) is 14.1. The van der Waals surface area contributed by atoms with Crippen molar-refractivity contribution < 1.29 is 19.4 Å². The van der Waals surface area contributed by atoms with Gasteiger partial charge in [0.25, 0.3) is 0 Å². The van der Waals surface area contributed by atoms with Crippen LogP contribution in [0.25, 0.3) is 0 Å². The van der Waals surface area contributed by atoms with E-state index in [4.69, 9.17) is 37.7 Å². The van der Waals surface area contributed by atoms with Crippen LogP contribution in [0.1, 0.15) is 42.6 Å². The second-order valence-corrected chi connectivity index (χ2v) is 11.6. The van der Waals surface area contributed by atoms with Gasteiger partial charge in [-0.25, -0.2) is 4.79 Å². The van der Waals surface area contributed by atoms with Crippen molar-refractivity contribution in [2.24, 2.45) is 4.99 Å². The molecule has 0 spiro atoms. The predicted octanol–water partition coefficient (Wildman–Crippen LogP) is 6.49. The number of benzene rings is 3. The largest absolute Gasteiger partial charge is 0.497 e. The molecule has 5 rings (SSSR count). The van der Waals surface area contributed by atoms with Gasteiger partial charge < -0.3 is 19.5 Å². The quantitative estimate of drug-likeness (QED) is 0.303. The van der Waals surface area contributed by atoms with E-state index in [1.165, 1.54) is 0 Å². The Kier molecular flexibility index (Phi) is 11.2. The van der Waals surface area contributed by atoms with Gasteiger partial charge in [0.05, 0.1) is 31.4 Å². The average Bonchev–Trinajstić information content (AvgIpc) is 3.38. The summed E-state index contributed by atoms with van der Waals surface area (Å²) in [6.07, 6.45) is -0.110. The van der Waals surface area contributed by atoms with Gasteiger partial charge in [-0.3, -0.25) is 14.8 Å². The number of carbonyl (C=O) groups excluding carboxylic acids is 1. The second-order valence-electron chi connectivity index (χ2n) is 10.7. The number of halogens is 3. The van der Waals surface area contributed by atoms with Gasteiger partial charge in [0, 0.05) is 48.8 Å². The molecule has 43 heavy (non-hydrogen) atoms. The van der Waals surface area contributed by atoms with E-state index in [0.29, 0.717) is 65.7 Å². The Morgan fingerprint density at radius 1 is 0.953 bits per heavy atom. The highest BCUT2D eigenvalue weighted by molar-refractivity contribution is 6.30. The summed E-state index contributed by atoms with van der Waals surface area (Å²) in [5, 5.41) is 10.6. The number of aliphatic hydroxyl groups is 1. The molecule has 2 aliphatic heterocycles. The Hall–Kier alpha value is -3.01. The Labute approximate surface area is 269 Å². The van der Waals surface area contributed by atoms with Crippen LogP contribution in [0.5, 0.6) is 11.5 Å². The Morgan fingerprint density at radius 3 is 2.12 bits per heavy atom. The molecule has 2 aliphatic rings. The third-order valence-electron chi connectivity index (χ3n) is 7.55. The summed E-state index contributed by atoms with van der Waals surface area (Å²) in [5.74, 6) is 1.76. The summed E-state index contributed by atoms with van der Waals surface area (Å²) in [6, 6.07) is 19.8. The molecule has 230 valence electrons. The minimum absolute atomic E-state index is 0. The van der Waals surface area contributed by atoms with Crippen LogP contribution in [0, 0.1) is 0 Å². The van der Waals surface area contributed by atoms with Gasteiger partial charge >= 0.3 is 6.03 Å². The molecule has 2 unspecified atom stereocenters. The van der Waals surface area contributed by atoms with E-state index in [1.807, 2.05) is 85.5 Å². The van der Waals surface area contributed by atoms with Crippen LogP contribution in [0.3, 0.4) is 0 Å². The minimum Gasteiger partial charge on any atom is -0.497 e. The van der Waals surface area contributed by atoms with Crippen molar-refractivity contribution in [3.8, 4) is 11.5 Å². The van der Waals surface area contributed by atoms with Crippen LogP contribution in [0.2, 0.25) is 10.0 Å². The minimum atomic E-state index is -0.449. The fourth-order valence-electron chi connectivity index (χ4n) is 5.48. The van der Waals surface area contributed by atoms with E-state index in [0.717, 1.165) is 11.1 Å². The Bertz CT molecular complexity index is 1410. The average molecular weight is 648 g/mol. The summed E-state index contributed by atoms with van der Waals surface area (Å²) in [7, 11) is 1.61. The molecule has 8 nitrogen and oxygen atoms in total. The fraction of sp³-hybridized carbons (Fsp3) is 0.375. The van der Waals surface area contributed by atoms with Gasteiger partial charge in [-0.1, -0.05) is 47.5 Å². The number of hydrogen-bond donors (Lipinski definition) is 1. The highest BCUT2D eigenvalue weighted by Crippen LogP contribution is 2.46. The lowest BCUT2D eigenvalue weighted by atomic mass is 9.93. The van der Waals surface area contributed by atoms with Crippen molar-refractivity contribution in [3.63, 3.8) is 0 Å². The molecule has 1 saturated heterocycles. The zero-order chi connectivity index (χ0) is 29.8. The molecule has 0 radical (unpaired) electrons. The smallest absolute Gasteiger partial charge is 0.326 e. The zero-order valence-electron chi connectivity index (χ0n) is 24.5. The maximum Gasteiger partial charge on any atom is 0.326 e. The number of amides is 2. The molecule has 2 heterocycles. The monoisotopic (exact) mass is 646 g/mol. The molecule has 2 amide bonds. The first-order chi connectivity index (χ1) is 20.3. The first kappa shape index (κ1) is 32.9. The van der Waals surface area contributed by atoms with Crippen molar-refractivity contribution in [3.05, 3.63) is 93.5 Å². The Morgan fingerprint density at radius 2 is 1.56 bits per heavy atom. The van der Waals surface area contributed by atoms with Crippen molar-refractivity contribution in [2.75, 3.05) is 46.4 Å². The van der Waals surface area contributed by atoms with Crippen LogP contribution >= 0.6 is 35.6 Å². The normalized spacial score (nSPS) is 18.8. The molecule has 0 aliphatic carbocycles. The lowest BCUT2D eigenvalue weighted by Crippen LogP contribution is -2.54. The van der Waals surface area contributed by atoms with Crippen LogP contribution in [-0.4, -0.2) is 84.2 Å². The number of carbonyl (C=O) groups is 1. The lowest BCUT2D eigenvalue weighted by Gasteiger charge is -2.39. The standard InChI is InChI=1S/C32H36Cl2N4O4.ClH/c1-21(2)42-28-20-26(41-3)12-13-27(28)31-35-29(22-4-8-24(33)9-5-22)30(23-6-10-25(34)11-7-23)38(31)32(40)37-16-14-36(15-17-37)18-19-39;/h4-13,20-21,29-30,39H,14-19H2,1-3H3;1H. The molecule has 2 atom stereocenters. The van der Waals surface area contributed by atoms with Crippen molar-refractivity contribution >= 4 is 47.5 Å². The highest BCUT2D eigenvalue weighted by atomic mass is 35.5. The van der Waals surface area contributed by atoms with Gasteiger partial charge in [0.1, 0.15) is 23.4 Å². The van der Waals surface area contributed by atoms with Gasteiger partial charge in [0.15, 0.2) is 0 Å². The maximum atomic E-state index is 14.6. The SMILES string of the molecule is COc1ccc(C2=NC(c3ccc(Cl)cc3)C(c3ccc(Cl)cc3)N2C(=O)N2CCN(CCO)CC2)c(OC(C)C)c1.Cl. The van der Waals surface area contributed by atoms with Gasteiger partial charge in [-0.15, -0.1) is 12.4 Å². The third-order valence-corrected chi connectivity index (χ3v) is 8.05. The number of nitrogens with zero attached hydrogens (tertiary/aromatic N) is 4. The molecule has 1 N–H and O–H groups in total. The fourth-order valence-corrected chi connectivity index (χ4v) is 5.73. The number of urea groups is 1. The van der Waals surface area contributed by atoms with E-state index < -0.39 is 12.1 Å². The lowest BCUT2D eigenvalue weighted by molar-refractivity contribution is 0.108. The summed E-state index contributed by atoms with van der Waals surface area (Å²) >= 11 is 12.5. The van der Waals surface area contributed by atoms with E-state index in [9.17, 15) is 9.90 Å². The predicted molar refractivity (Wildman–Crippen MR) is 173 cm³/mol. The van der Waals surface area contributed by atoms with E-state index >= 15 is 0 Å². The van der Waals surface area contributed by atoms with E-state index in [-0.39, 0.29) is 31.1 Å². The van der Waals surface area contributed by atoms with Crippen molar-refractivity contribution in [1.82, 2.24) is 14.7 Å². The summed E-state index contributed by atoms with van der Waals surface area (Å²) in [4.78, 5) is 25.7. The molecular weight excluding hydrogens is 611 g/mol. The highest BCUT2D eigenvalue weighted by Gasteiger charge is 2.45. The van der Waals surface area contributed by atoms with E-state index in [2.05, 4.69) is 4.90 Å². The van der Waals surface area contributed by atoms with Crippen LogP contribution < -0.4 is 9.47 Å². The van der Waals surface area contributed by atoms with E-state index in [1.54, 1.807) is 12.0 Å². The molecule has 1 fully saturated rings. The van der Waals surface area contributed by atoms with Crippen LogP contribution in [0.15, 0.2) is 71.7 Å². The summed E-state index contributed by atoms with van der Waals surface area (Å²) < 4.78 is 11.8. The number of ether oxygens (including phenoxy) is 2. The molecule has 3 aromatic carbocycles. The van der Waals surface area contributed by atoms with Crippen molar-refractivity contribution in [2.45, 2.75) is 32.0 Å². The second kappa shape index (κ2) is 14.6. The number of rotatable bonds is 8. The zero-order valence-corrected chi connectivity index (χ0v) is 26.8. The van der Waals surface area contributed by atoms with Crippen LogP contribution in [-0.2, 0) is 0 Å². The number of methoxy groups -OCH3 is 1. The molecule has 0 aromatic heterocycles. The van der Waals surface area contributed by atoms with Gasteiger partial charge in [-0.05, 0) is 61.4 Å². The van der Waals surface area contributed by atoms with Gasteiger partial charge in [-0.2, -0.15) is 0 Å². The number of aliphatic hydroxyl groups excluding tert-OH is 1. The number of piperazine rings is 1. The third kappa shape index (κ3) is 7.39. The molecular formula is C32H37Cl3N4O4. The van der Waals surface area contributed by atoms with Crippen molar-refractivity contribution in [1.29, 1.82) is 0 Å². The van der Waals surface area contributed by atoms with Gasteiger partial charge in [0.2, 0.25) is 0 Å². The molecule has 0 saturated carbocycles. The number of amidine groups is 1. The topological polar surface area (TPSA) is 77.8 Å². The number of β-amino-alcohol motifs (C(OH)–C–C–N with tert-alkyl or cyclic N) is 1. The Balaban J connectivity index is 0.00000423. The maximum absolute atomic E-state index is 14.6. The number of hydrogen-bond acceptors (Lipinski definition) is 6. The number of aliphatic imine (C=N–C) groups is 1.